The normalized spacial score (nSPS) is 10.5. The van der Waals surface area contributed by atoms with Crippen molar-refractivity contribution in [2.75, 3.05) is 6.61 Å². The smallest absolute Gasteiger partial charge is 0.306 e. The second-order valence-corrected chi connectivity index (χ2v) is 3.65. The highest BCUT2D eigenvalue weighted by molar-refractivity contribution is 5.66. The Morgan fingerprint density at radius 2 is 2.31 bits per heavy atom. The van der Waals surface area contributed by atoms with E-state index in [1.807, 2.05) is 13.8 Å². The number of ether oxygens (including phenoxy) is 1. The van der Waals surface area contributed by atoms with Gasteiger partial charge >= 0.3 is 5.97 Å². The van der Waals surface area contributed by atoms with Crippen LogP contribution in [0.2, 0.25) is 0 Å². The van der Waals surface area contributed by atoms with Crippen LogP contribution < -0.4 is 4.74 Å². The van der Waals surface area contributed by atoms with E-state index < -0.39 is 11.8 Å². The van der Waals surface area contributed by atoms with Crippen molar-refractivity contribution in [2.45, 2.75) is 26.2 Å². The van der Waals surface area contributed by atoms with Crippen molar-refractivity contribution in [3.8, 4) is 5.75 Å². The van der Waals surface area contributed by atoms with Crippen molar-refractivity contribution in [1.82, 2.24) is 4.98 Å². The van der Waals surface area contributed by atoms with Crippen LogP contribution in [0.1, 0.15) is 31.9 Å². The monoisotopic (exact) mass is 227 g/mol. The van der Waals surface area contributed by atoms with Gasteiger partial charge < -0.3 is 9.84 Å². The molecule has 0 amide bonds. The van der Waals surface area contributed by atoms with Gasteiger partial charge in [0.2, 0.25) is 0 Å². The number of aliphatic carboxylic acids is 1. The molecular weight excluding hydrogens is 213 g/mol. The summed E-state index contributed by atoms with van der Waals surface area (Å²) in [4.78, 5) is 14.3. The van der Waals surface area contributed by atoms with Crippen molar-refractivity contribution >= 4 is 5.97 Å². The minimum Gasteiger partial charge on any atom is -0.488 e. The lowest BCUT2D eigenvalue weighted by Crippen LogP contribution is -2.08. The molecule has 1 heterocycles. The Morgan fingerprint density at radius 1 is 1.62 bits per heavy atom. The molecule has 0 aliphatic carbocycles. The summed E-state index contributed by atoms with van der Waals surface area (Å²) in [6, 6.07) is 1.20. The number of rotatable bonds is 5. The second kappa shape index (κ2) is 5.44. The quantitative estimate of drug-likeness (QED) is 0.837. The molecule has 0 aliphatic rings. The average molecular weight is 227 g/mol. The number of pyridine rings is 1. The average Bonchev–Trinajstić information content (AvgIpc) is 2.19. The summed E-state index contributed by atoms with van der Waals surface area (Å²) in [5, 5.41) is 8.45. The van der Waals surface area contributed by atoms with Gasteiger partial charge in [-0.05, 0) is 12.0 Å². The number of nitrogens with zero attached hydrogens (tertiary/aromatic N) is 1. The van der Waals surface area contributed by atoms with Crippen LogP contribution >= 0.6 is 0 Å². The first-order chi connectivity index (χ1) is 7.52. The van der Waals surface area contributed by atoms with E-state index in [-0.39, 0.29) is 24.7 Å². The first kappa shape index (κ1) is 12.4. The molecule has 1 N–H and O–H groups in total. The Balaban J connectivity index is 2.80. The number of hydrogen-bond donors (Lipinski definition) is 1. The molecule has 0 saturated heterocycles. The van der Waals surface area contributed by atoms with E-state index in [0.717, 1.165) is 0 Å². The number of hydrogen-bond acceptors (Lipinski definition) is 3. The number of carboxylic acids is 1. The molecule has 0 saturated carbocycles. The predicted octanol–water partition coefficient (Wildman–Crippen LogP) is 2.20. The molecule has 5 heteroatoms. The highest BCUT2D eigenvalue weighted by atomic mass is 19.1. The summed E-state index contributed by atoms with van der Waals surface area (Å²) in [6.45, 7) is 3.68. The summed E-state index contributed by atoms with van der Waals surface area (Å²) < 4.78 is 18.5. The lowest BCUT2D eigenvalue weighted by Gasteiger charge is -2.12. The molecule has 4 nitrogen and oxygen atoms in total. The first-order valence-electron chi connectivity index (χ1n) is 5.01. The van der Waals surface area contributed by atoms with Crippen LogP contribution in [-0.4, -0.2) is 22.7 Å². The van der Waals surface area contributed by atoms with Crippen LogP contribution in [-0.2, 0) is 4.79 Å². The third-order valence-electron chi connectivity index (χ3n) is 1.99. The Hall–Kier alpha value is -1.65. The maximum atomic E-state index is 13.4. The van der Waals surface area contributed by atoms with E-state index in [4.69, 9.17) is 9.84 Å². The minimum absolute atomic E-state index is 0.0236. The van der Waals surface area contributed by atoms with E-state index in [1.54, 1.807) is 0 Å². The second-order valence-electron chi connectivity index (χ2n) is 3.65. The standard InChI is InChI=1S/C11H14FNO3/c1-7(2)10-11(8(12)3-5-13-10)16-6-4-9(14)15/h3,5,7H,4,6H2,1-2H3,(H,14,15). The van der Waals surface area contributed by atoms with Gasteiger partial charge in [-0.15, -0.1) is 0 Å². The molecule has 0 spiro atoms. The lowest BCUT2D eigenvalue weighted by atomic mass is 10.1. The molecule has 0 atom stereocenters. The highest BCUT2D eigenvalue weighted by Gasteiger charge is 2.14. The number of carbonyl (C=O) groups is 1. The zero-order chi connectivity index (χ0) is 12.1. The molecule has 1 aromatic rings. The minimum atomic E-state index is -0.976. The van der Waals surface area contributed by atoms with E-state index >= 15 is 0 Å². The van der Waals surface area contributed by atoms with Crippen LogP contribution in [0.4, 0.5) is 4.39 Å². The molecule has 0 aliphatic heterocycles. The van der Waals surface area contributed by atoms with E-state index in [2.05, 4.69) is 4.98 Å². The molecular formula is C11H14FNO3. The Morgan fingerprint density at radius 3 is 2.88 bits per heavy atom. The van der Waals surface area contributed by atoms with Gasteiger partial charge in [0.15, 0.2) is 11.6 Å². The van der Waals surface area contributed by atoms with Crippen LogP contribution in [0, 0.1) is 5.82 Å². The van der Waals surface area contributed by atoms with Gasteiger partial charge in [0.05, 0.1) is 18.7 Å². The number of carboxylic acid groups (broad SMARTS) is 1. The Kier molecular flexibility index (Phi) is 4.22. The van der Waals surface area contributed by atoms with Crippen LogP contribution in [0.5, 0.6) is 5.75 Å². The largest absolute Gasteiger partial charge is 0.488 e. The fourth-order valence-electron chi connectivity index (χ4n) is 1.23. The van der Waals surface area contributed by atoms with E-state index in [0.29, 0.717) is 5.69 Å². The van der Waals surface area contributed by atoms with Gasteiger partial charge in [-0.25, -0.2) is 4.39 Å². The fraction of sp³-hybridized carbons (Fsp3) is 0.455. The third-order valence-corrected chi connectivity index (χ3v) is 1.99. The molecule has 88 valence electrons. The molecule has 16 heavy (non-hydrogen) atoms. The first-order valence-corrected chi connectivity index (χ1v) is 5.01. The SMILES string of the molecule is CC(C)c1nccc(F)c1OCCC(=O)O. The predicted molar refractivity (Wildman–Crippen MR) is 56.0 cm³/mol. The molecule has 0 aromatic carbocycles. The Bertz CT molecular complexity index is 379. The van der Waals surface area contributed by atoms with Gasteiger partial charge in [-0.2, -0.15) is 0 Å². The summed E-state index contributed by atoms with van der Waals surface area (Å²) >= 11 is 0. The summed E-state index contributed by atoms with van der Waals surface area (Å²) in [7, 11) is 0. The van der Waals surface area contributed by atoms with Crippen LogP contribution in [0.25, 0.3) is 0 Å². The molecule has 1 aromatic heterocycles. The van der Waals surface area contributed by atoms with Crippen molar-refractivity contribution in [3.63, 3.8) is 0 Å². The van der Waals surface area contributed by atoms with E-state index in [9.17, 15) is 9.18 Å². The molecule has 0 fully saturated rings. The van der Waals surface area contributed by atoms with Gasteiger partial charge in [0.1, 0.15) is 0 Å². The molecule has 0 radical (unpaired) electrons. The van der Waals surface area contributed by atoms with Gasteiger partial charge in [-0.1, -0.05) is 13.8 Å². The maximum absolute atomic E-state index is 13.4. The summed E-state index contributed by atoms with van der Waals surface area (Å²) in [5.41, 5.74) is 0.505. The van der Waals surface area contributed by atoms with E-state index in [1.165, 1.54) is 12.3 Å². The Labute approximate surface area is 93.1 Å². The third kappa shape index (κ3) is 3.18. The highest BCUT2D eigenvalue weighted by Crippen LogP contribution is 2.26. The summed E-state index contributed by atoms with van der Waals surface area (Å²) in [6.07, 6.45) is 1.21. The van der Waals surface area contributed by atoms with Crippen molar-refractivity contribution in [1.29, 1.82) is 0 Å². The lowest BCUT2D eigenvalue weighted by molar-refractivity contribution is -0.137. The molecule has 0 unspecified atom stereocenters. The van der Waals surface area contributed by atoms with Gasteiger partial charge in [0.25, 0.3) is 0 Å². The zero-order valence-corrected chi connectivity index (χ0v) is 9.24. The van der Waals surface area contributed by atoms with Gasteiger partial charge in [-0.3, -0.25) is 9.78 Å². The van der Waals surface area contributed by atoms with Gasteiger partial charge in [0, 0.05) is 6.20 Å². The van der Waals surface area contributed by atoms with Crippen molar-refractivity contribution < 1.29 is 19.0 Å². The molecule has 1 rings (SSSR count). The number of aromatic nitrogens is 1. The van der Waals surface area contributed by atoms with Crippen molar-refractivity contribution in [2.24, 2.45) is 0 Å². The molecule has 0 bridgehead atoms. The van der Waals surface area contributed by atoms with Crippen LogP contribution in [0.3, 0.4) is 0 Å². The number of halogens is 1. The maximum Gasteiger partial charge on any atom is 0.306 e. The fourth-order valence-corrected chi connectivity index (χ4v) is 1.23. The topological polar surface area (TPSA) is 59.4 Å². The zero-order valence-electron chi connectivity index (χ0n) is 9.24. The summed E-state index contributed by atoms with van der Waals surface area (Å²) in [5.74, 6) is -1.41. The van der Waals surface area contributed by atoms with Crippen LogP contribution in [0.15, 0.2) is 12.3 Å². The van der Waals surface area contributed by atoms with Crippen molar-refractivity contribution in [3.05, 3.63) is 23.8 Å².